The normalized spacial score (nSPS) is 27.1. The maximum Gasteiger partial charge on any atom is 0.0910 e. The first-order valence-corrected chi connectivity index (χ1v) is 8.16. The molecule has 1 N–H and O–H groups in total. The molecule has 3 heteroatoms. The van der Waals surface area contributed by atoms with Crippen LogP contribution in [0.4, 0.5) is 0 Å². The van der Waals surface area contributed by atoms with Crippen molar-refractivity contribution in [2.75, 3.05) is 0 Å². The van der Waals surface area contributed by atoms with Crippen molar-refractivity contribution in [3.05, 3.63) is 20.3 Å². The van der Waals surface area contributed by atoms with Gasteiger partial charge in [0.2, 0.25) is 0 Å². The molecule has 0 bridgehead atoms. The lowest BCUT2D eigenvalue weighted by atomic mass is 9.77. The summed E-state index contributed by atoms with van der Waals surface area (Å²) in [6.45, 7) is 4.36. The molecular weight excluding hydrogens is 296 g/mol. The van der Waals surface area contributed by atoms with Crippen molar-refractivity contribution in [1.82, 2.24) is 0 Å². The predicted molar refractivity (Wildman–Crippen MR) is 77.5 cm³/mol. The van der Waals surface area contributed by atoms with Crippen molar-refractivity contribution in [1.29, 1.82) is 0 Å². The van der Waals surface area contributed by atoms with Gasteiger partial charge in [-0.15, -0.1) is 11.3 Å². The topological polar surface area (TPSA) is 20.2 Å². The number of halogens is 1. The van der Waals surface area contributed by atoms with E-state index in [1.807, 2.05) is 0 Å². The molecule has 3 unspecified atom stereocenters. The van der Waals surface area contributed by atoms with Gasteiger partial charge in [0, 0.05) is 4.88 Å². The van der Waals surface area contributed by atoms with Crippen LogP contribution < -0.4 is 0 Å². The third-order valence-corrected chi connectivity index (χ3v) is 6.22. The number of aliphatic hydroxyl groups excluding tert-OH is 1. The molecule has 1 fully saturated rings. The van der Waals surface area contributed by atoms with Gasteiger partial charge in [0.05, 0.1) is 9.89 Å². The number of hydrogen-bond acceptors (Lipinski definition) is 2. The molecule has 0 aromatic carbocycles. The molecule has 1 aromatic heterocycles. The van der Waals surface area contributed by atoms with Gasteiger partial charge in [0.25, 0.3) is 0 Å². The number of aliphatic hydroxyl groups is 1. The molecule has 0 spiro atoms. The molecule has 1 aromatic rings. The lowest BCUT2D eigenvalue weighted by Crippen LogP contribution is -2.20. The second-order valence-corrected chi connectivity index (χ2v) is 7.65. The van der Waals surface area contributed by atoms with E-state index in [1.54, 1.807) is 11.3 Å². The second-order valence-electron chi connectivity index (χ2n) is 5.25. The van der Waals surface area contributed by atoms with Crippen LogP contribution in [0, 0.1) is 18.8 Å². The van der Waals surface area contributed by atoms with Crippen LogP contribution in [0.3, 0.4) is 0 Å². The fraction of sp³-hybridized carbons (Fsp3) is 0.714. The Morgan fingerprint density at radius 3 is 2.88 bits per heavy atom. The number of rotatable bonds is 3. The standard InChI is InChI=1S/C14H21BrOS/c1-3-10-5-4-6-11(8-10)13(16)12-7-9(2)14(15)17-12/h7,10-11,13,16H,3-6,8H2,1-2H3. The van der Waals surface area contributed by atoms with Crippen LogP contribution in [0.15, 0.2) is 9.85 Å². The second kappa shape index (κ2) is 5.85. The van der Waals surface area contributed by atoms with Crippen molar-refractivity contribution < 1.29 is 5.11 Å². The molecule has 1 heterocycles. The largest absolute Gasteiger partial charge is 0.387 e. The number of aryl methyl sites for hydroxylation is 1. The first-order valence-electron chi connectivity index (χ1n) is 6.55. The quantitative estimate of drug-likeness (QED) is 0.825. The van der Waals surface area contributed by atoms with Crippen LogP contribution in [0.25, 0.3) is 0 Å². The molecule has 1 saturated carbocycles. The molecule has 3 atom stereocenters. The van der Waals surface area contributed by atoms with Crippen molar-refractivity contribution in [2.45, 2.75) is 52.1 Å². The molecule has 0 amide bonds. The highest BCUT2D eigenvalue weighted by Crippen LogP contribution is 2.41. The van der Waals surface area contributed by atoms with Crippen molar-refractivity contribution >= 4 is 27.3 Å². The summed E-state index contributed by atoms with van der Waals surface area (Å²) in [4.78, 5) is 1.14. The van der Waals surface area contributed by atoms with Crippen LogP contribution in [0.2, 0.25) is 0 Å². The maximum atomic E-state index is 10.5. The monoisotopic (exact) mass is 316 g/mol. The molecule has 1 nitrogen and oxygen atoms in total. The molecule has 0 aliphatic heterocycles. The lowest BCUT2D eigenvalue weighted by Gasteiger charge is -2.31. The molecule has 1 aliphatic rings. The highest BCUT2D eigenvalue weighted by atomic mass is 79.9. The minimum atomic E-state index is -0.251. The average Bonchev–Trinajstić information content (AvgIpc) is 2.69. The molecule has 1 aliphatic carbocycles. The predicted octanol–water partition coefficient (Wildman–Crippen LogP) is 5.07. The summed E-state index contributed by atoms with van der Waals surface area (Å²) in [5, 5.41) is 10.5. The lowest BCUT2D eigenvalue weighted by molar-refractivity contribution is 0.0705. The summed E-state index contributed by atoms with van der Waals surface area (Å²) in [6.07, 6.45) is 6.03. The Hall–Kier alpha value is 0.140. The summed E-state index contributed by atoms with van der Waals surface area (Å²) in [7, 11) is 0. The maximum absolute atomic E-state index is 10.5. The molecule has 2 rings (SSSR count). The van der Waals surface area contributed by atoms with Crippen LogP contribution >= 0.6 is 27.3 Å². The minimum absolute atomic E-state index is 0.251. The zero-order valence-corrected chi connectivity index (χ0v) is 13.0. The van der Waals surface area contributed by atoms with E-state index in [0.29, 0.717) is 5.92 Å². The van der Waals surface area contributed by atoms with Gasteiger partial charge < -0.3 is 5.11 Å². The molecule has 0 radical (unpaired) electrons. The van der Waals surface area contributed by atoms with E-state index in [2.05, 4.69) is 35.8 Å². The first-order chi connectivity index (χ1) is 8.11. The van der Waals surface area contributed by atoms with Gasteiger partial charge in [-0.05, 0) is 59.2 Å². The summed E-state index contributed by atoms with van der Waals surface area (Å²) < 4.78 is 1.16. The van der Waals surface area contributed by atoms with Gasteiger partial charge in [-0.3, -0.25) is 0 Å². The number of thiophene rings is 1. The van der Waals surface area contributed by atoms with Crippen molar-refractivity contribution in [3.63, 3.8) is 0 Å². The molecule has 96 valence electrons. The zero-order valence-electron chi connectivity index (χ0n) is 10.6. The highest BCUT2D eigenvalue weighted by molar-refractivity contribution is 9.11. The molecular formula is C14H21BrOS. The van der Waals surface area contributed by atoms with Crippen molar-refractivity contribution in [2.24, 2.45) is 11.8 Å². The first kappa shape index (κ1) is 13.6. The van der Waals surface area contributed by atoms with Crippen LogP contribution in [-0.4, -0.2) is 5.11 Å². The van der Waals surface area contributed by atoms with Crippen LogP contribution in [0.5, 0.6) is 0 Å². The third kappa shape index (κ3) is 3.12. The Morgan fingerprint density at radius 2 is 2.29 bits per heavy atom. The van der Waals surface area contributed by atoms with Gasteiger partial charge in [-0.2, -0.15) is 0 Å². The van der Waals surface area contributed by atoms with E-state index in [4.69, 9.17) is 0 Å². The Kier molecular flexibility index (Phi) is 4.67. The summed E-state index contributed by atoms with van der Waals surface area (Å²) in [6, 6.07) is 2.13. The Labute approximate surface area is 116 Å². The van der Waals surface area contributed by atoms with Crippen LogP contribution in [-0.2, 0) is 0 Å². The Bertz CT molecular complexity index is 355. The Balaban J connectivity index is 2.06. The van der Waals surface area contributed by atoms with Gasteiger partial charge >= 0.3 is 0 Å². The fourth-order valence-corrected chi connectivity index (χ4v) is 4.50. The van der Waals surface area contributed by atoms with E-state index < -0.39 is 0 Å². The van der Waals surface area contributed by atoms with Crippen molar-refractivity contribution in [3.8, 4) is 0 Å². The average molecular weight is 317 g/mol. The smallest absolute Gasteiger partial charge is 0.0910 e. The molecule has 17 heavy (non-hydrogen) atoms. The molecule has 0 saturated heterocycles. The minimum Gasteiger partial charge on any atom is -0.387 e. The van der Waals surface area contributed by atoms with E-state index in [1.165, 1.54) is 37.7 Å². The van der Waals surface area contributed by atoms with Crippen LogP contribution in [0.1, 0.15) is 55.6 Å². The van der Waals surface area contributed by atoms with Gasteiger partial charge in [0.15, 0.2) is 0 Å². The Morgan fingerprint density at radius 1 is 1.53 bits per heavy atom. The fourth-order valence-electron chi connectivity index (χ4n) is 2.85. The van der Waals surface area contributed by atoms with Gasteiger partial charge in [0.1, 0.15) is 0 Å². The third-order valence-electron chi connectivity index (χ3n) is 4.02. The van der Waals surface area contributed by atoms with Gasteiger partial charge in [-0.1, -0.05) is 26.2 Å². The highest BCUT2D eigenvalue weighted by Gasteiger charge is 2.28. The van der Waals surface area contributed by atoms with E-state index in [9.17, 15) is 5.11 Å². The summed E-state index contributed by atoms with van der Waals surface area (Å²) in [5.41, 5.74) is 1.24. The number of hydrogen-bond donors (Lipinski definition) is 1. The van der Waals surface area contributed by atoms with E-state index in [-0.39, 0.29) is 6.10 Å². The van der Waals surface area contributed by atoms with E-state index in [0.717, 1.165) is 14.6 Å². The van der Waals surface area contributed by atoms with E-state index >= 15 is 0 Å². The zero-order chi connectivity index (χ0) is 12.4. The SMILES string of the molecule is CCC1CCCC(C(O)c2cc(C)c(Br)s2)C1. The summed E-state index contributed by atoms with van der Waals surface area (Å²) >= 11 is 5.23. The van der Waals surface area contributed by atoms with Gasteiger partial charge in [-0.25, -0.2) is 0 Å². The summed E-state index contributed by atoms with van der Waals surface area (Å²) in [5.74, 6) is 1.30.